The van der Waals surface area contributed by atoms with Crippen LogP contribution in [0.5, 0.6) is 0 Å². The molecule has 1 aliphatic heterocycles. The molecule has 6 rings (SSSR count). The molecule has 2 aromatic heterocycles. The normalized spacial score (nSPS) is 17.6. The monoisotopic (exact) mass is 494 g/mol. The third-order valence-corrected chi connectivity index (χ3v) is 7.19. The fourth-order valence-electron chi connectivity index (χ4n) is 5.03. The first-order valence-electron chi connectivity index (χ1n) is 11.5. The molecule has 7 nitrogen and oxygen atoms in total. The Balaban J connectivity index is 1.35. The van der Waals surface area contributed by atoms with Crippen LogP contribution < -0.4 is 10.2 Å². The summed E-state index contributed by atoms with van der Waals surface area (Å²) in [5.41, 5.74) is 6.56. The molecule has 32 heavy (non-hydrogen) atoms. The average Bonchev–Trinajstić information content (AvgIpc) is 3.56. The highest BCUT2D eigenvalue weighted by atomic mass is 79.9. The van der Waals surface area contributed by atoms with Gasteiger partial charge < -0.3 is 24.5 Å². The van der Waals surface area contributed by atoms with Crippen LogP contribution in [0, 0.1) is 0 Å². The van der Waals surface area contributed by atoms with Crippen molar-refractivity contribution < 1.29 is 4.74 Å². The van der Waals surface area contributed by atoms with Crippen LogP contribution in [0.2, 0.25) is 0 Å². The summed E-state index contributed by atoms with van der Waals surface area (Å²) in [6.07, 6.45) is 7.13. The molecule has 0 spiro atoms. The Hall–Kier alpha value is -2.58. The highest BCUT2D eigenvalue weighted by Gasteiger charge is 2.22. The molecule has 4 aromatic rings. The maximum atomic E-state index is 5.58. The smallest absolute Gasteiger partial charge is 0.126 e. The van der Waals surface area contributed by atoms with Crippen LogP contribution in [0.4, 0.5) is 11.4 Å². The number of anilines is 2. The van der Waals surface area contributed by atoms with Gasteiger partial charge in [0.05, 0.1) is 48.3 Å². The highest BCUT2D eigenvalue weighted by molar-refractivity contribution is 9.10. The Labute approximate surface area is 195 Å². The van der Waals surface area contributed by atoms with Crippen LogP contribution >= 0.6 is 15.9 Å². The summed E-state index contributed by atoms with van der Waals surface area (Å²) < 4.78 is 9.03. The number of nitrogens with zero attached hydrogens (tertiary/aromatic N) is 4. The number of rotatable bonds is 5. The molecule has 2 aliphatic rings. The van der Waals surface area contributed by atoms with E-state index < -0.39 is 0 Å². The number of H-pyrrole nitrogens is 1. The van der Waals surface area contributed by atoms with Crippen molar-refractivity contribution in [3.63, 3.8) is 0 Å². The number of fused-ring (bicyclic) bond motifs is 2. The maximum Gasteiger partial charge on any atom is 0.126 e. The summed E-state index contributed by atoms with van der Waals surface area (Å²) in [6.45, 7) is 4.00. The SMILES string of the molecule is Brc1ccc2nc(CNc3cc(N4CCOCC4)cc4c3ncn4C3CCCC3)[nH]c2c1. The lowest BCUT2D eigenvalue weighted by Gasteiger charge is -2.29. The van der Waals surface area contributed by atoms with Crippen LogP contribution in [0.1, 0.15) is 37.5 Å². The van der Waals surface area contributed by atoms with Gasteiger partial charge in [-0.25, -0.2) is 9.97 Å². The molecule has 0 bridgehead atoms. The summed E-state index contributed by atoms with van der Waals surface area (Å²) >= 11 is 3.53. The minimum Gasteiger partial charge on any atom is -0.378 e. The van der Waals surface area contributed by atoms with Gasteiger partial charge in [-0.05, 0) is 43.2 Å². The number of benzene rings is 2. The molecule has 1 saturated carbocycles. The Morgan fingerprint density at radius 1 is 1.12 bits per heavy atom. The van der Waals surface area contributed by atoms with Crippen LogP contribution in [0.15, 0.2) is 41.1 Å². The van der Waals surface area contributed by atoms with E-state index in [4.69, 9.17) is 14.7 Å². The van der Waals surface area contributed by atoms with E-state index in [0.717, 1.165) is 58.8 Å². The number of halogens is 1. The first-order valence-corrected chi connectivity index (χ1v) is 12.3. The minimum atomic E-state index is 0.557. The molecule has 2 aromatic carbocycles. The third kappa shape index (κ3) is 3.75. The van der Waals surface area contributed by atoms with Crippen molar-refractivity contribution in [3.05, 3.63) is 47.0 Å². The molecule has 0 amide bonds. The lowest BCUT2D eigenvalue weighted by atomic mass is 10.2. The number of imidazole rings is 2. The molecule has 2 fully saturated rings. The van der Waals surface area contributed by atoms with E-state index in [1.807, 2.05) is 18.5 Å². The molecular formula is C24H27BrN6O. The standard InChI is InChI=1S/C24H27BrN6O/c25-16-5-6-19-20(11-16)29-23(28-19)14-26-21-12-18(30-7-9-32-10-8-30)13-22-24(21)27-15-31(22)17-3-1-2-4-17/h5-6,11-13,15,17,26H,1-4,7-10,14H2,(H,28,29). The quantitative estimate of drug-likeness (QED) is 0.396. The van der Waals surface area contributed by atoms with E-state index in [9.17, 15) is 0 Å². The van der Waals surface area contributed by atoms with E-state index in [1.54, 1.807) is 0 Å². The van der Waals surface area contributed by atoms with Gasteiger partial charge in [-0.2, -0.15) is 0 Å². The molecule has 0 unspecified atom stereocenters. The first kappa shape index (κ1) is 20.1. The van der Waals surface area contributed by atoms with E-state index in [0.29, 0.717) is 12.6 Å². The second-order valence-corrected chi connectivity index (χ2v) is 9.66. The number of nitrogens with one attached hydrogen (secondary N) is 2. The Morgan fingerprint density at radius 2 is 1.97 bits per heavy atom. The van der Waals surface area contributed by atoms with Crippen LogP contribution in [-0.2, 0) is 11.3 Å². The van der Waals surface area contributed by atoms with E-state index >= 15 is 0 Å². The molecule has 166 valence electrons. The summed E-state index contributed by atoms with van der Waals surface area (Å²) in [6, 6.07) is 11.2. The second-order valence-electron chi connectivity index (χ2n) is 8.75. The summed E-state index contributed by atoms with van der Waals surface area (Å²) in [7, 11) is 0. The molecule has 2 N–H and O–H groups in total. The Bertz CT molecular complexity index is 1250. The Morgan fingerprint density at radius 3 is 2.81 bits per heavy atom. The lowest BCUT2D eigenvalue weighted by Crippen LogP contribution is -2.36. The van der Waals surface area contributed by atoms with Crippen molar-refractivity contribution in [3.8, 4) is 0 Å². The number of aromatic amines is 1. The molecule has 3 heterocycles. The zero-order chi connectivity index (χ0) is 21.5. The number of aromatic nitrogens is 4. The molecule has 1 saturated heterocycles. The molecule has 8 heteroatoms. The van der Waals surface area contributed by atoms with Gasteiger partial charge in [0.25, 0.3) is 0 Å². The largest absolute Gasteiger partial charge is 0.378 e. The predicted molar refractivity (Wildman–Crippen MR) is 131 cm³/mol. The molecular weight excluding hydrogens is 468 g/mol. The van der Waals surface area contributed by atoms with E-state index in [1.165, 1.54) is 36.9 Å². The van der Waals surface area contributed by atoms with Crippen molar-refractivity contribution in [1.82, 2.24) is 19.5 Å². The maximum absolute atomic E-state index is 5.58. The van der Waals surface area contributed by atoms with Crippen LogP contribution in [0.3, 0.4) is 0 Å². The number of morpholine rings is 1. The fraction of sp³-hybridized carbons (Fsp3) is 0.417. The lowest BCUT2D eigenvalue weighted by molar-refractivity contribution is 0.122. The summed E-state index contributed by atoms with van der Waals surface area (Å²) in [5, 5.41) is 3.62. The summed E-state index contributed by atoms with van der Waals surface area (Å²) in [5.74, 6) is 0.915. The van der Waals surface area contributed by atoms with E-state index in [-0.39, 0.29) is 0 Å². The Kier molecular flexibility index (Phi) is 5.27. The van der Waals surface area contributed by atoms with Crippen molar-refractivity contribution in [1.29, 1.82) is 0 Å². The van der Waals surface area contributed by atoms with Gasteiger partial charge in [-0.15, -0.1) is 0 Å². The van der Waals surface area contributed by atoms with Gasteiger partial charge in [-0.1, -0.05) is 28.8 Å². The zero-order valence-corrected chi connectivity index (χ0v) is 19.6. The van der Waals surface area contributed by atoms with E-state index in [2.05, 4.69) is 53.9 Å². The zero-order valence-electron chi connectivity index (χ0n) is 18.0. The van der Waals surface area contributed by atoms with Crippen LogP contribution in [0.25, 0.3) is 22.1 Å². The van der Waals surface area contributed by atoms with Crippen molar-refractivity contribution in [2.24, 2.45) is 0 Å². The molecule has 1 aliphatic carbocycles. The number of hydrogen-bond donors (Lipinski definition) is 2. The van der Waals surface area contributed by atoms with Gasteiger partial charge in [0, 0.05) is 29.3 Å². The van der Waals surface area contributed by atoms with Crippen molar-refractivity contribution >= 4 is 49.4 Å². The summed E-state index contributed by atoms with van der Waals surface area (Å²) in [4.78, 5) is 15.4. The van der Waals surface area contributed by atoms with Crippen LogP contribution in [-0.4, -0.2) is 45.8 Å². The fourth-order valence-corrected chi connectivity index (χ4v) is 5.39. The van der Waals surface area contributed by atoms with Gasteiger partial charge in [0.1, 0.15) is 11.3 Å². The van der Waals surface area contributed by atoms with Crippen molar-refractivity contribution in [2.75, 3.05) is 36.5 Å². The molecule has 0 radical (unpaired) electrons. The first-order chi connectivity index (χ1) is 15.7. The van der Waals surface area contributed by atoms with Gasteiger partial charge in [0.2, 0.25) is 0 Å². The predicted octanol–water partition coefficient (Wildman–Crippen LogP) is 5.24. The number of ether oxygens (including phenoxy) is 1. The van der Waals surface area contributed by atoms with Crippen molar-refractivity contribution in [2.45, 2.75) is 38.3 Å². The van der Waals surface area contributed by atoms with Gasteiger partial charge >= 0.3 is 0 Å². The average molecular weight is 495 g/mol. The third-order valence-electron chi connectivity index (χ3n) is 6.70. The topological polar surface area (TPSA) is 71.0 Å². The highest BCUT2D eigenvalue weighted by Crippen LogP contribution is 2.36. The molecule has 0 atom stereocenters. The second kappa shape index (κ2) is 8.41. The van der Waals surface area contributed by atoms with Gasteiger partial charge in [-0.3, -0.25) is 0 Å². The van der Waals surface area contributed by atoms with Gasteiger partial charge in [0.15, 0.2) is 0 Å². The number of hydrogen-bond acceptors (Lipinski definition) is 5. The minimum absolute atomic E-state index is 0.557.